The number of Topliss-reactive ketones (excluding diaryl/α,β-unsaturated/α-hetero) is 1. The molecule has 96 valence electrons. The molecule has 0 atom stereocenters. The number of hydrogen-bond donors (Lipinski definition) is 0. The van der Waals surface area contributed by atoms with E-state index in [1.165, 1.54) is 12.3 Å². The Morgan fingerprint density at radius 2 is 1.89 bits per heavy atom. The molecular weight excluding hydrogens is 241 g/mol. The Bertz CT molecular complexity index is 676. The van der Waals surface area contributed by atoms with Crippen LogP contribution in [0.5, 0.6) is 0 Å². The topological polar surface area (TPSA) is 30.0 Å². The molecule has 0 spiro atoms. The van der Waals surface area contributed by atoms with Gasteiger partial charge in [-0.15, -0.1) is 0 Å². The van der Waals surface area contributed by atoms with Gasteiger partial charge in [0.1, 0.15) is 0 Å². The number of rotatable bonds is 1. The number of hydrogen-bond acceptors (Lipinski definition) is 2. The van der Waals surface area contributed by atoms with Crippen molar-refractivity contribution in [3.63, 3.8) is 0 Å². The monoisotopic (exact) mass is 255 g/mol. The molecule has 1 heterocycles. The number of ketones is 1. The number of pyridine rings is 1. The second kappa shape index (κ2) is 3.98. The summed E-state index contributed by atoms with van der Waals surface area (Å²) in [6.07, 6.45) is 2.20. The summed E-state index contributed by atoms with van der Waals surface area (Å²) in [7, 11) is 0. The van der Waals surface area contributed by atoms with Gasteiger partial charge in [0.15, 0.2) is 5.78 Å². The molecule has 19 heavy (non-hydrogen) atoms. The Morgan fingerprint density at radius 3 is 2.63 bits per heavy atom. The quantitative estimate of drug-likeness (QED) is 0.728. The van der Waals surface area contributed by atoms with Gasteiger partial charge in [-0.1, -0.05) is 26.0 Å². The third-order valence-electron chi connectivity index (χ3n) is 3.66. The van der Waals surface area contributed by atoms with Gasteiger partial charge in [-0.3, -0.25) is 4.79 Å². The lowest BCUT2D eigenvalue weighted by Crippen LogP contribution is -2.18. The molecule has 1 aromatic heterocycles. The van der Waals surface area contributed by atoms with Crippen LogP contribution >= 0.6 is 0 Å². The molecule has 3 heteroatoms. The summed E-state index contributed by atoms with van der Waals surface area (Å²) < 4.78 is 13.1. The summed E-state index contributed by atoms with van der Waals surface area (Å²) in [4.78, 5) is 15.8. The number of fused-ring (bicyclic) bond motifs is 1. The van der Waals surface area contributed by atoms with E-state index < -0.39 is 5.95 Å². The second-order valence-electron chi connectivity index (χ2n) is 5.63. The van der Waals surface area contributed by atoms with Crippen LogP contribution < -0.4 is 0 Å². The summed E-state index contributed by atoms with van der Waals surface area (Å²) in [5, 5.41) is 0. The van der Waals surface area contributed by atoms with E-state index in [1.807, 2.05) is 32.0 Å². The first kappa shape index (κ1) is 12.0. The average Bonchev–Trinajstić information content (AvgIpc) is 2.60. The second-order valence-corrected chi connectivity index (χ2v) is 5.63. The van der Waals surface area contributed by atoms with Crippen LogP contribution in [0.1, 0.15) is 29.8 Å². The van der Waals surface area contributed by atoms with Crippen molar-refractivity contribution in [1.82, 2.24) is 4.98 Å². The zero-order valence-corrected chi connectivity index (χ0v) is 10.9. The lowest BCUT2D eigenvalue weighted by molar-refractivity contribution is 0.0863. The van der Waals surface area contributed by atoms with Crippen LogP contribution in [0.3, 0.4) is 0 Å². The molecule has 0 amide bonds. The predicted octanol–water partition coefficient (Wildman–Crippen LogP) is 3.65. The first-order chi connectivity index (χ1) is 8.97. The maximum absolute atomic E-state index is 13.1. The SMILES string of the molecule is CC1(C)Cc2ccc(-c3ccnc(F)c3)cc2C1=O. The van der Waals surface area contributed by atoms with E-state index >= 15 is 0 Å². The maximum atomic E-state index is 13.1. The number of benzene rings is 1. The highest BCUT2D eigenvalue weighted by molar-refractivity contribution is 6.05. The Hall–Kier alpha value is -2.03. The normalized spacial score (nSPS) is 16.5. The Labute approximate surface area is 111 Å². The highest BCUT2D eigenvalue weighted by atomic mass is 19.1. The average molecular weight is 255 g/mol. The summed E-state index contributed by atoms with van der Waals surface area (Å²) in [5.74, 6) is -0.344. The van der Waals surface area contributed by atoms with Crippen LogP contribution in [-0.2, 0) is 6.42 Å². The minimum atomic E-state index is -0.510. The molecule has 0 aliphatic heterocycles. The Morgan fingerprint density at radius 1 is 1.16 bits per heavy atom. The van der Waals surface area contributed by atoms with Gasteiger partial charge in [-0.05, 0) is 35.2 Å². The van der Waals surface area contributed by atoms with E-state index in [9.17, 15) is 9.18 Å². The summed E-state index contributed by atoms with van der Waals surface area (Å²) in [5.41, 5.74) is 3.11. The van der Waals surface area contributed by atoms with E-state index in [0.717, 1.165) is 28.7 Å². The van der Waals surface area contributed by atoms with Gasteiger partial charge in [0.25, 0.3) is 0 Å². The molecule has 0 radical (unpaired) electrons. The van der Waals surface area contributed by atoms with Crippen molar-refractivity contribution in [2.45, 2.75) is 20.3 Å². The van der Waals surface area contributed by atoms with Gasteiger partial charge < -0.3 is 0 Å². The molecule has 0 fully saturated rings. The first-order valence-corrected chi connectivity index (χ1v) is 6.27. The smallest absolute Gasteiger partial charge is 0.213 e. The summed E-state index contributed by atoms with van der Waals surface area (Å²) >= 11 is 0. The largest absolute Gasteiger partial charge is 0.294 e. The van der Waals surface area contributed by atoms with Crippen molar-refractivity contribution in [3.05, 3.63) is 53.6 Å². The van der Waals surface area contributed by atoms with Crippen molar-refractivity contribution in [2.75, 3.05) is 0 Å². The highest BCUT2D eigenvalue weighted by Gasteiger charge is 2.37. The minimum Gasteiger partial charge on any atom is -0.294 e. The molecule has 0 bridgehead atoms. The summed E-state index contributed by atoms with van der Waals surface area (Å²) in [6.45, 7) is 3.92. The molecular formula is C16H14FNO. The van der Waals surface area contributed by atoms with Crippen molar-refractivity contribution in [1.29, 1.82) is 0 Å². The third kappa shape index (κ3) is 1.95. The van der Waals surface area contributed by atoms with Crippen LogP contribution in [0.25, 0.3) is 11.1 Å². The number of carbonyl (C=O) groups excluding carboxylic acids is 1. The van der Waals surface area contributed by atoms with E-state index in [-0.39, 0.29) is 11.2 Å². The molecule has 0 saturated heterocycles. The molecule has 2 aromatic rings. The van der Waals surface area contributed by atoms with Crippen LogP contribution in [0, 0.1) is 11.4 Å². The van der Waals surface area contributed by atoms with E-state index in [0.29, 0.717) is 0 Å². The first-order valence-electron chi connectivity index (χ1n) is 6.27. The van der Waals surface area contributed by atoms with Gasteiger partial charge in [0.2, 0.25) is 5.95 Å². The lowest BCUT2D eigenvalue weighted by atomic mass is 9.89. The van der Waals surface area contributed by atoms with Crippen LogP contribution in [0.15, 0.2) is 36.5 Å². The number of carbonyl (C=O) groups is 1. The predicted molar refractivity (Wildman–Crippen MR) is 71.4 cm³/mol. The maximum Gasteiger partial charge on any atom is 0.213 e. The lowest BCUT2D eigenvalue weighted by Gasteiger charge is -2.13. The molecule has 0 saturated carbocycles. The van der Waals surface area contributed by atoms with Crippen molar-refractivity contribution in [3.8, 4) is 11.1 Å². The van der Waals surface area contributed by atoms with Crippen LogP contribution in [0.4, 0.5) is 4.39 Å². The highest BCUT2D eigenvalue weighted by Crippen LogP contribution is 2.37. The fraction of sp³-hybridized carbons (Fsp3) is 0.250. The fourth-order valence-electron chi connectivity index (χ4n) is 2.62. The number of halogens is 1. The van der Waals surface area contributed by atoms with E-state index in [4.69, 9.17) is 0 Å². The third-order valence-corrected chi connectivity index (χ3v) is 3.66. The zero-order chi connectivity index (χ0) is 13.6. The molecule has 0 N–H and O–H groups in total. The Balaban J connectivity index is 2.09. The standard InChI is InChI=1S/C16H14FNO/c1-16(2)9-12-4-3-10(7-13(12)15(16)19)11-5-6-18-14(17)8-11/h3-8H,9H2,1-2H3. The van der Waals surface area contributed by atoms with Gasteiger partial charge in [0, 0.05) is 23.2 Å². The molecule has 1 aromatic carbocycles. The van der Waals surface area contributed by atoms with E-state index in [2.05, 4.69) is 4.98 Å². The van der Waals surface area contributed by atoms with Crippen molar-refractivity contribution >= 4 is 5.78 Å². The molecule has 2 nitrogen and oxygen atoms in total. The molecule has 3 rings (SSSR count). The summed E-state index contributed by atoms with van der Waals surface area (Å²) in [6, 6.07) is 8.89. The molecule has 1 aliphatic rings. The van der Waals surface area contributed by atoms with Crippen LogP contribution in [-0.4, -0.2) is 10.8 Å². The Kier molecular flexibility index (Phi) is 2.52. The minimum absolute atomic E-state index is 0.166. The van der Waals surface area contributed by atoms with Gasteiger partial charge >= 0.3 is 0 Å². The number of aromatic nitrogens is 1. The molecule has 1 aliphatic carbocycles. The fourth-order valence-corrected chi connectivity index (χ4v) is 2.62. The van der Waals surface area contributed by atoms with Gasteiger partial charge in [0.05, 0.1) is 0 Å². The number of nitrogens with zero attached hydrogens (tertiary/aromatic N) is 1. The molecule has 0 unspecified atom stereocenters. The van der Waals surface area contributed by atoms with Gasteiger partial charge in [-0.25, -0.2) is 4.98 Å². The van der Waals surface area contributed by atoms with Crippen molar-refractivity contribution < 1.29 is 9.18 Å². The van der Waals surface area contributed by atoms with Gasteiger partial charge in [-0.2, -0.15) is 4.39 Å². The van der Waals surface area contributed by atoms with E-state index in [1.54, 1.807) is 6.07 Å². The zero-order valence-electron chi connectivity index (χ0n) is 10.9. The van der Waals surface area contributed by atoms with Crippen LogP contribution in [0.2, 0.25) is 0 Å². The van der Waals surface area contributed by atoms with Crippen molar-refractivity contribution in [2.24, 2.45) is 5.41 Å².